The van der Waals surface area contributed by atoms with Crippen LogP contribution >= 0.6 is 0 Å². The molecule has 0 atom stereocenters. The van der Waals surface area contributed by atoms with E-state index in [2.05, 4.69) is 29.2 Å². The molecule has 0 saturated carbocycles. The number of primary amides is 1. The molecule has 1 aliphatic carbocycles. The SMILES string of the molecule is N#CCCN1CCC(c2ccc(C(N)=O)c(C3=CCCCC3)c2)CC1. The number of nitriles is 1. The van der Waals surface area contributed by atoms with Crippen LogP contribution in [0, 0.1) is 11.3 Å². The summed E-state index contributed by atoms with van der Waals surface area (Å²) in [6, 6.07) is 8.45. The van der Waals surface area contributed by atoms with E-state index in [0.29, 0.717) is 17.9 Å². The number of hydrogen-bond acceptors (Lipinski definition) is 3. The van der Waals surface area contributed by atoms with Crippen LogP contribution in [0.25, 0.3) is 5.57 Å². The third-order valence-corrected chi connectivity index (χ3v) is 5.54. The van der Waals surface area contributed by atoms with E-state index < -0.39 is 0 Å². The van der Waals surface area contributed by atoms with Gasteiger partial charge in [-0.15, -0.1) is 0 Å². The minimum absolute atomic E-state index is 0.334. The molecule has 1 aromatic carbocycles. The van der Waals surface area contributed by atoms with Crippen LogP contribution in [0.5, 0.6) is 0 Å². The van der Waals surface area contributed by atoms with Crippen molar-refractivity contribution in [1.82, 2.24) is 4.90 Å². The number of nitrogens with zero attached hydrogens (tertiary/aromatic N) is 2. The van der Waals surface area contributed by atoms with Crippen LogP contribution in [0.4, 0.5) is 0 Å². The van der Waals surface area contributed by atoms with Crippen molar-refractivity contribution in [2.24, 2.45) is 5.73 Å². The van der Waals surface area contributed by atoms with Crippen LogP contribution < -0.4 is 5.73 Å². The average Bonchev–Trinajstić information content (AvgIpc) is 2.67. The van der Waals surface area contributed by atoms with Gasteiger partial charge in [0, 0.05) is 18.5 Å². The van der Waals surface area contributed by atoms with Gasteiger partial charge in [0.15, 0.2) is 0 Å². The van der Waals surface area contributed by atoms with Gasteiger partial charge in [-0.2, -0.15) is 5.26 Å². The highest BCUT2D eigenvalue weighted by atomic mass is 16.1. The Morgan fingerprint density at radius 2 is 2.08 bits per heavy atom. The molecule has 132 valence electrons. The Bertz CT molecular complexity index is 694. The standard InChI is InChI=1S/C21H27N3O/c22-11-4-12-24-13-9-16(10-14-24)18-7-8-19(21(23)25)20(15-18)17-5-2-1-3-6-17/h5,7-8,15-16H,1-4,6,9-10,12-14H2,(H2,23,25). The molecule has 0 unspecified atom stereocenters. The Balaban J connectivity index is 1.78. The second kappa shape index (κ2) is 8.31. The quantitative estimate of drug-likeness (QED) is 0.887. The van der Waals surface area contributed by atoms with Crippen LogP contribution in [0.15, 0.2) is 24.3 Å². The summed E-state index contributed by atoms with van der Waals surface area (Å²) in [5.41, 5.74) is 9.93. The molecule has 3 rings (SSSR count). The molecular formula is C21H27N3O. The van der Waals surface area contributed by atoms with Crippen molar-refractivity contribution >= 4 is 11.5 Å². The summed E-state index contributed by atoms with van der Waals surface area (Å²) in [7, 11) is 0. The molecule has 25 heavy (non-hydrogen) atoms. The van der Waals surface area contributed by atoms with Gasteiger partial charge in [0.1, 0.15) is 0 Å². The smallest absolute Gasteiger partial charge is 0.249 e. The van der Waals surface area contributed by atoms with Crippen LogP contribution in [-0.2, 0) is 0 Å². The predicted octanol–water partition coefficient (Wildman–Crippen LogP) is 3.84. The zero-order chi connectivity index (χ0) is 17.6. The number of hydrogen-bond donors (Lipinski definition) is 1. The summed E-state index contributed by atoms with van der Waals surface area (Å²) in [6.07, 6.45) is 9.66. The Hall–Kier alpha value is -2.12. The summed E-state index contributed by atoms with van der Waals surface area (Å²) < 4.78 is 0. The van der Waals surface area contributed by atoms with Crippen LogP contribution in [0.1, 0.15) is 72.3 Å². The minimum Gasteiger partial charge on any atom is -0.366 e. The first-order valence-corrected chi connectivity index (χ1v) is 9.41. The van der Waals surface area contributed by atoms with Gasteiger partial charge in [-0.3, -0.25) is 4.79 Å². The zero-order valence-electron chi connectivity index (χ0n) is 14.8. The van der Waals surface area contributed by atoms with Gasteiger partial charge in [-0.25, -0.2) is 0 Å². The minimum atomic E-state index is -0.334. The number of benzene rings is 1. The number of carbonyl (C=O) groups excluding carboxylic acids is 1. The molecule has 1 aliphatic heterocycles. The summed E-state index contributed by atoms with van der Waals surface area (Å²) in [6.45, 7) is 2.96. The maximum atomic E-state index is 11.9. The number of carbonyl (C=O) groups is 1. The van der Waals surface area contributed by atoms with Gasteiger partial charge in [0.25, 0.3) is 0 Å². The molecule has 4 heteroatoms. The van der Waals surface area contributed by atoms with E-state index >= 15 is 0 Å². The highest BCUT2D eigenvalue weighted by Crippen LogP contribution is 2.34. The second-order valence-corrected chi connectivity index (χ2v) is 7.17. The van der Waals surface area contributed by atoms with Crippen molar-refractivity contribution in [2.45, 2.75) is 50.9 Å². The Morgan fingerprint density at radius 1 is 1.28 bits per heavy atom. The lowest BCUT2D eigenvalue weighted by Crippen LogP contribution is -2.33. The normalized spacial score (nSPS) is 19.2. The van der Waals surface area contributed by atoms with Crippen molar-refractivity contribution in [2.75, 3.05) is 19.6 Å². The summed E-state index contributed by atoms with van der Waals surface area (Å²) in [4.78, 5) is 14.2. The van der Waals surface area contributed by atoms with E-state index in [4.69, 9.17) is 11.0 Å². The van der Waals surface area contributed by atoms with E-state index in [1.807, 2.05) is 6.07 Å². The van der Waals surface area contributed by atoms with Crippen LogP contribution in [0.2, 0.25) is 0 Å². The van der Waals surface area contributed by atoms with Crippen molar-refractivity contribution in [3.05, 3.63) is 41.0 Å². The molecule has 1 aromatic rings. The van der Waals surface area contributed by atoms with E-state index in [9.17, 15) is 4.79 Å². The second-order valence-electron chi connectivity index (χ2n) is 7.17. The molecule has 1 amide bonds. The monoisotopic (exact) mass is 337 g/mol. The third kappa shape index (κ3) is 4.29. The highest BCUT2D eigenvalue weighted by Gasteiger charge is 2.22. The molecule has 1 heterocycles. The molecule has 2 N–H and O–H groups in total. The van der Waals surface area contributed by atoms with E-state index in [1.54, 1.807) is 0 Å². The van der Waals surface area contributed by atoms with E-state index in [1.165, 1.54) is 24.0 Å². The topological polar surface area (TPSA) is 70.1 Å². The number of rotatable bonds is 5. The number of nitrogens with two attached hydrogens (primary N) is 1. The maximum absolute atomic E-state index is 11.9. The first-order chi connectivity index (χ1) is 12.2. The fourth-order valence-corrected chi connectivity index (χ4v) is 4.08. The van der Waals surface area contributed by atoms with Gasteiger partial charge in [0.05, 0.1) is 6.07 Å². The van der Waals surface area contributed by atoms with Crippen molar-refractivity contribution in [3.8, 4) is 6.07 Å². The van der Waals surface area contributed by atoms with E-state index in [-0.39, 0.29) is 5.91 Å². The molecule has 0 aromatic heterocycles. The Morgan fingerprint density at radius 3 is 2.72 bits per heavy atom. The number of likely N-dealkylation sites (tertiary alicyclic amines) is 1. The van der Waals surface area contributed by atoms with Gasteiger partial charge >= 0.3 is 0 Å². The number of allylic oxidation sites excluding steroid dienone is 2. The molecule has 4 nitrogen and oxygen atoms in total. The van der Waals surface area contributed by atoms with Gasteiger partial charge in [-0.1, -0.05) is 18.2 Å². The lowest BCUT2D eigenvalue weighted by Gasteiger charge is -2.32. The molecule has 0 bridgehead atoms. The number of piperidine rings is 1. The van der Waals surface area contributed by atoms with Crippen LogP contribution in [-0.4, -0.2) is 30.4 Å². The predicted molar refractivity (Wildman–Crippen MR) is 100 cm³/mol. The van der Waals surface area contributed by atoms with Crippen molar-refractivity contribution in [3.63, 3.8) is 0 Å². The fourth-order valence-electron chi connectivity index (χ4n) is 4.08. The fraction of sp³-hybridized carbons (Fsp3) is 0.524. The first kappa shape index (κ1) is 17.7. The lowest BCUT2D eigenvalue weighted by molar-refractivity contribution is 0.1000. The van der Waals surface area contributed by atoms with Crippen molar-refractivity contribution in [1.29, 1.82) is 5.26 Å². The Labute approximate surface area is 150 Å². The first-order valence-electron chi connectivity index (χ1n) is 9.41. The summed E-state index contributed by atoms with van der Waals surface area (Å²) >= 11 is 0. The molecule has 0 radical (unpaired) electrons. The summed E-state index contributed by atoms with van der Waals surface area (Å²) in [5.74, 6) is 0.197. The zero-order valence-corrected chi connectivity index (χ0v) is 14.8. The van der Waals surface area contributed by atoms with Gasteiger partial charge in [0.2, 0.25) is 5.91 Å². The number of amides is 1. The average molecular weight is 337 g/mol. The molecule has 1 saturated heterocycles. The highest BCUT2D eigenvalue weighted by molar-refractivity contribution is 5.98. The molecule has 1 fully saturated rings. The van der Waals surface area contributed by atoms with E-state index in [0.717, 1.165) is 50.9 Å². The molecule has 2 aliphatic rings. The van der Waals surface area contributed by atoms with Crippen molar-refractivity contribution < 1.29 is 4.79 Å². The Kier molecular flexibility index (Phi) is 5.88. The summed E-state index contributed by atoms with van der Waals surface area (Å²) in [5, 5.41) is 8.73. The van der Waals surface area contributed by atoms with Gasteiger partial charge < -0.3 is 10.6 Å². The third-order valence-electron chi connectivity index (χ3n) is 5.54. The largest absolute Gasteiger partial charge is 0.366 e. The lowest BCUT2D eigenvalue weighted by atomic mass is 9.84. The van der Waals surface area contributed by atoms with Crippen LogP contribution in [0.3, 0.4) is 0 Å². The molecular weight excluding hydrogens is 310 g/mol. The van der Waals surface area contributed by atoms with Gasteiger partial charge in [-0.05, 0) is 80.3 Å². The maximum Gasteiger partial charge on any atom is 0.249 e. The molecule has 0 spiro atoms.